The number of aromatic nitrogens is 2. The maximum atomic E-state index is 12.5. The van der Waals surface area contributed by atoms with Gasteiger partial charge in [0, 0.05) is 18.4 Å². The summed E-state index contributed by atoms with van der Waals surface area (Å²) in [6, 6.07) is 6.01. The first-order valence-electron chi connectivity index (χ1n) is 9.13. The second kappa shape index (κ2) is 7.08. The molecule has 2 unspecified atom stereocenters. The van der Waals surface area contributed by atoms with Crippen molar-refractivity contribution in [2.24, 2.45) is 0 Å². The fraction of sp³-hybridized carbons (Fsp3) is 0.368. The predicted molar refractivity (Wildman–Crippen MR) is 99.6 cm³/mol. The van der Waals surface area contributed by atoms with Gasteiger partial charge in [-0.3, -0.25) is 19.6 Å². The van der Waals surface area contributed by atoms with Crippen molar-refractivity contribution in [2.45, 2.75) is 38.0 Å². The summed E-state index contributed by atoms with van der Waals surface area (Å²) in [5.74, 6) is -0.707. The first kappa shape index (κ1) is 18.2. The van der Waals surface area contributed by atoms with Crippen LogP contribution in [0.15, 0.2) is 36.7 Å². The molecule has 2 atom stereocenters. The fourth-order valence-corrected chi connectivity index (χ4v) is 3.43. The van der Waals surface area contributed by atoms with Crippen molar-refractivity contribution >= 4 is 23.5 Å². The van der Waals surface area contributed by atoms with E-state index in [0.717, 1.165) is 19.4 Å². The van der Waals surface area contributed by atoms with Gasteiger partial charge in [0.15, 0.2) is 0 Å². The predicted octanol–water partition coefficient (Wildman–Crippen LogP) is 1.37. The highest BCUT2D eigenvalue weighted by Gasteiger charge is 2.43. The van der Waals surface area contributed by atoms with Crippen LogP contribution in [0.5, 0.6) is 0 Å². The van der Waals surface area contributed by atoms with Gasteiger partial charge in [-0.1, -0.05) is 12.1 Å². The molecule has 9 nitrogen and oxygen atoms in total. The molecule has 3 N–H and O–H groups in total. The first-order valence-corrected chi connectivity index (χ1v) is 9.13. The minimum absolute atomic E-state index is 0.172. The van der Waals surface area contributed by atoms with E-state index in [9.17, 15) is 14.4 Å². The third-order valence-electron chi connectivity index (χ3n) is 5.07. The third-order valence-corrected chi connectivity index (χ3v) is 5.07. The topological polar surface area (TPSA) is 114 Å². The average molecular weight is 383 g/mol. The van der Waals surface area contributed by atoms with Crippen molar-refractivity contribution < 1.29 is 19.1 Å². The maximum absolute atomic E-state index is 12.5. The van der Waals surface area contributed by atoms with Crippen LogP contribution < -0.4 is 16.0 Å². The van der Waals surface area contributed by atoms with Crippen molar-refractivity contribution in [1.29, 1.82) is 0 Å². The molecule has 4 rings (SSSR count). The lowest BCUT2D eigenvalue weighted by Crippen LogP contribution is -2.40. The van der Waals surface area contributed by atoms with Crippen LogP contribution in [0.1, 0.15) is 35.7 Å². The molecule has 0 bridgehead atoms. The van der Waals surface area contributed by atoms with Gasteiger partial charge in [0.05, 0.1) is 24.5 Å². The Balaban J connectivity index is 1.41. The summed E-state index contributed by atoms with van der Waals surface area (Å²) in [5, 5.41) is 11.9. The number of benzene rings is 1. The van der Waals surface area contributed by atoms with E-state index in [-0.39, 0.29) is 12.0 Å². The molecule has 146 valence electrons. The minimum Gasteiger partial charge on any atom is -0.376 e. The second-order valence-electron chi connectivity index (χ2n) is 7.15. The summed E-state index contributed by atoms with van der Waals surface area (Å²) in [7, 11) is 0. The summed E-state index contributed by atoms with van der Waals surface area (Å²) in [6.45, 7) is 3.07. The lowest BCUT2D eigenvalue weighted by Gasteiger charge is -2.21. The second-order valence-corrected chi connectivity index (χ2v) is 7.15. The molecule has 2 aromatic rings. The Morgan fingerprint density at radius 2 is 2.14 bits per heavy atom. The number of anilines is 1. The number of nitrogens with one attached hydrogen (secondary N) is 3. The fourth-order valence-electron chi connectivity index (χ4n) is 3.43. The van der Waals surface area contributed by atoms with Crippen molar-refractivity contribution in [2.75, 3.05) is 11.9 Å². The highest BCUT2D eigenvalue weighted by molar-refractivity contribution is 6.07. The molecule has 2 aliphatic rings. The van der Waals surface area contributed by atoms with Gasteiger partial charge >= 0.3 is 6.03 Å². The molecule has 0 aliphatic carbocycles. The van der Waals surface area contributed by atoms with Gasteiger partial charge in [-0.25, -0.2) is 4.79 Å². The number of nitrogens with zero attached hydrogens (tertiary/aromatic N) is 2. The van der Waals surface area contributed by atoms with Crippen LogP contribution in [-0.4, -0.2) is 40.3 Å². The molecule has 1 aromatic carbocycles. The summed E-state index contributed by atoms with van der Waals surface area (Å²) >= 11 is 0. The zero-order chi connectivity index (χ0) is 19.7. The van der Waals surface area contributed by atoms with Crippen molar-refractivity contribution in [3.05, 3.63) is 47.8 Å². The number of imide groups is 1. The standard InChI is InChI=1S/C19H21N5O4/c1-19(17(26)22-18(27)23-19)13-6-4-12(5-7-13)16(25)21-14-9-20-24(10-14)11-15-3-2-8-28-15/h4-7,9-10,15H,2-3,8,11H2,1H3,(H,21,25)(H2,22,23,26,27). The van der Waals surface area contributed by atoms with Gasteiger partial charge in [-0.15, -0.1) is 0 Å². The van der Waals surface area contributed by atoms with Crippen LogP contribution in [0, 0.1) is 0 Å². The van der Waals surface area contributed by atoms with Gasteiger partial charge in [0.2, 0.25) is 0 Å². The normalized spacial score (nSPS) is 24.1. The Hall–Kier alpha value is -3.20. The highest BCUT2D eigenvalue weighted by atomic mass is 16.5. The molecular weight excluding hydrogens is 362 g/mol. The number of urea groups is 1. The van der Waals surface area contributed by atoms with Crippen LogP contribution >= 0.6 is 0 Å². The Morgan fingerprint density at radius 1 is 1.36 bits per heavy atom. The summed E-state index contributed by atoms with van der Waals surface area (Å²) < 4.78 is 7.35. The largest absolute Gasteiger partial charge is 0.376 e. The molecule has 1 aromatic heterocycles. The molecule has 0 radical (unpaired) electrons. The summed E-state index contributed by atoms with van der Waals surface area (Å²) in [5.41, 5.74) is 0.484. The lowest BCUT2D eigenvalue weighted by atomic mass is 9.91. The van der Waals surface area contributed by atoms with E-state index in [1.165, 1.54) is 0 Å². The lowest BCUT2D eigenvalue weighted by molar-refractivity contribution is -0.123. The van der Waals surface area contributed by atoms with Crippen LogP contribution in [0.25, 0.3) is 0 Å². The first-order chi connectivity index (χ1) is 13.4. The number of amides is 4. The minimum atomic E-state index is -1.14. The van der Waals surface area contributed by atoms with E-state index >= 15 is 0 Å². The molecule has 28 heavy (non-hydrogen) atoms. The Labute approximate surface area is 161 Å². The Morgan fingerprint density at radius 3 is 2.79 bits per heavy atom. The van der Waals surface area contributed by atoms with Gasteiger partial charge in [0.1, 0.15) is 5.54 Å². The van der Waals surface area contributed by atoms with Crippen molar-refractivity contribution in [1.82, 2.24) is 20.4 Å². The molecule has 2 aliphatic heterocycles. The van der Waals surface area contributed by atoms with Gasteiger partial charge in [-0.05, 0) is 37.5 Å². The highest BCUT2D eigenvalue weighted by Crippen LogP contribution is 2.24. The Bertz CT molecular complexity index is 917. The van der Waals surface area contributed by atoms with Crippen LogP contribution in [-0.2, 0) is 21.6 Å². The van der Waals surface area contributed by atoms with E-state index in [0.29, 0.717) is 23.4 Å². The summed E-state index contributed by atoms with van der Waals surface area (Å²) in [4.78, 5) is 35.9. The number of carbonyl (C=O) groups excluding carboxylic acids is 3. The van der Waals surface area contributed by atoms with Gasteiger partial charge in [-0.2, -0.15) is 5.10 Å². The monoisotopic (exact) mass is 383 g/mol. The van der Waals surface area contributed by atoms with E-state index in [4.69, 9.17) is 4.74 Å². The van der Waals surface area contributed by atoms with E-state index < -0.39 is 17.5 Å². The quantitative estimate of drug-likeness (QED) is 0.675. The number of rotatable bonds is 5. The molecule has 4 amide bonds. The van der Waals surface area contributed by atoms with E-state index in [1.54, 1.807) is 48.3 Å². The SMILES string of the molecule is CC1(c2ccc(C(=O)Nc3cnn(CC4CCCO4)c3)cc2)NC(=O)NC1=O. The van der Waals surface area contributed by atoms with Gasteiger partial charge < -0.3 is 15.4 Å². The molecular formula is C19H21N5O4. The van der Waals surface area contributed by atoms with E-state index in [2.05, 4.69) is 21.0 Å². The zero-order valence-corrected chi connectivity index (χ0v) is 15.4. The third kappa shape index (κ3) is 3.48. The van der Waals surface area contributed by atoms with Crippen LogP contribution in [0.2, 0.25) is 0 Å². The molecule has 3 heterocycles. The zero-order valence-electron chi connectivity index (χ0n) is 15.4. The number of hydrogen-bond acceptors (Lipinski definition) is 5. The average Bonchev–Trinajstić information content (AvgIpc) is 3.39. The molecule has 2 fully saturated rings. The smallest absolute Gasteiger partial charge is 0.322 e. The molecule has 0 spiro atoms. The Kier molecular flexibility index (Phi) is 4.60. The molecule has 2 saturated heterocycles. The van der Waals surface area contributed by atoms with E-state index in [1.807, 2.05) is 0 Å². The van der Waals surface area contributed by atoms with Crippen LogP contribution in [0.3, 0.4) is 0 Å². The van der Waals surface area contributed by atoms with Gasteiger partial charge in [0.25, 0.3) is 11.8 Å². The summed E-state index contributed by atoms with van der Waals surface area (Å²) in [6.07, 6.45) is 5.63. The van der Waals surface area contributed by atoms with Crippen molar-refractivity contribution in [3.63, 3.8) is 0 Å². The number of carbonyl (C=O) groups is 3. The number of ether oxygens (including phenoxy) is 1. The number of hydrogen-bond donors (Lipinski definition) is 3. The molecule has 9 heteroatoms. The maximum Gasteiger partial charge on any atom is 0.322 e. The van der Waals surface area contributed by atoms with Crippen LogP contribution in [0.4, 0.5) is 10.5 Å². The molecule has 0 saturated carbocycles. The van der Waals surface area contributed by atoms with Crippen molar-refractivity contribution in [3.8, 4) is 0 Å².